The van der Waals surface area contributed by atoms with Gasteiger partial charge in [-0.15, -0.1) is 0 Å². The van der Waals surface area contributed by atoms with Gasteiger partial charge in [0.05, 0.1) is 9.82 Å². The fraction of sp³-hybridized carbons (Fsp3) is 0.455. The molecule has 0 spiro atoms. The van der Waals surface area contributed by atoms with Crippen LogP contribution in [0.1, 0.15) is 18.4 Å². The van der Waals surface area contributed by atoms with E-state index in [0.29, 0.717) is 0 Å². The second kappa shape index (κ2) is 6.39. The fourth-order valence-electron chi connectivity index (χ4n) is 1.62. The minimum atomic E-state index is -4.34. The molecule has 1 rings (SSSR count). The summed E-state index contributed by atoms with van der Waals surface area (Å²) >= 11 is 0. The summed E-state index contributed by atoms with van der Waals surface area (Å²) in [5, 5.41) is 10.6. The predicted octanol–water partition coefficient (Wildman–Crippen LogP) is 2.52. The molecule has 10 heteroatoms. The molecule has 0 saturated heterocycles. The Labute approximate surface area is 119 Å². The van der Waals surface area contributed by atoms with Crippen molar-refractivity contribution >= 4 is 15.7 Å². The Hall–Kier alpha value is -1.68. The van der Waals surface area contributed by atoms with E-state index in [4.69, 9.17) is 0 Å². The van der Waals surface area contributed by atoms with Gasteiger partial charge in [-0.1, -0.05) is 0 Å². The first kappa shape index (κ1) is 17.4. The summed E-state index contributed by atoms with van der Waals surface area (Å²) in [7, 11) is -3.99. The van der Waals surface area contributed by atoms with Gasteiger partial charge in [0.15, 0.2) is 0 Å². The van der Waals surface area contributed by atoms with Crippen LogP contribution in [0.15, 0.2) is 23.1 Å². The Morgan fingerprint density at radius 3 is 2.43 bits per heavy atom. The Morgan fingerprint density at radius 2 is 1.95 bits per heavy atom. The smallest absolute Gasteiger partial charge is 0.258 e. The lowest BCUT2D eigenvalue weighted by molar-refractivity contribution is -0.385. The molecule has 21 heavy (non-hydrogen) atoms. The predicted molar refractivity (Wildman–Crippen MR) is 68.3 cm³/mol. The van der Waals surface area contributed by atoms with Crippen molar-refractivity contribution in [1.29, 1.82) is 0 Å². The summed E-state index contributed by atoms with van der Waals surface area (Å²) in [6.45, 7) is 1.01. The molecule has 0 aromatic heterocycles. The van der Waals surface area contributed by atoms with Gasteiger partial charge in [-0.05, 0) is 25.0 Å². The SMILES string of the molecule is Cc1cc([N+](=O)[O-])ccc1S(=O)(=O)NCCCC(F)(F)F. The molecule has 118 valence electrons. The molecule has 0 aliphatic heterocycles. The topological polar surface area (TPSA) is 89.3 Å². The molecule has 0 fully saturated rings. The first-order valence-electron chi connectivity index (χ1n) is 5.84. The van der Waals surface area contributed by atoms with E-state index < -0.39 is 27.5 Å². The van der Waals surface area contributed by atoms with Gasteiger partial charge in [-0.2, -0.15) is 13.2 Å². The third kappa shape index (κ3) is 5.31. The van der Waals surface area contributed by atoms with Gasteiger partial charge in [0.1, 0.15) is 0 Å². The lowest BCUT2D eigenvalue weighted by Crippen LogP contribution is -2.26. The Kier molecular flexibility index (Phi) is 5.29. The highest BCUT2D eigenvalue weighted by Crippen LogP contribution is 2.22. The normalized spacial score (nSPS) is 12.4. The molecule has 6 nitrogen and oxygen atoms in total. The summed E-state index contributed by atoms with van der Waals surface area (Å²) in [5.74, 6) is 0. The monoisotopic (exact) mass is 326 g/mol. The second-order valence-corrected chi connectivity index (χ2v) is 6.06. The van der Waals surface area contributed by atoms with Crippen LogP contribution in [0, 0.1) is 17.0 Å². The van der Waals surface area contributed by atoms with Crippen molar-refractivity contribution in [2.24, 2.45) is 0 Å². The number of hydrogen-bond donors (Lipinski definition) is 1. The van der Waals surface area contributed by atoms with Crippen LogP contribution in [-0.2, 0) is 10.0 Å². The fourth-order valence-corrected chi connectivity index (χ4v) is 2.92. The van der Waals surface area contributed by atoms with E-state index in [2.05, 4.69) is 0 Å². The number of hydrogen-bond acceptors (Lipinski definition) is 4. The molecule has 0 atom stereocenters. The number of non-ortho nitro benzene ring substituents is 1. The number of nitrogens with one attached hydrogen (secondary N) is 1. The zero-order valence-corrected chi connectivity index (χ0v) is 11.8. The second-order valence-electron chi connectivity index (χ2n) is 4.32. The van der Waals surface area contributed by atoms with Gasteiger partial charge in [-0.3, -0.25) is 10.1 Å². The van der Waals surface area contributed by atoms with E-state index in [-0.39, 0.29) is 29.1 Å². The molecule has 1 aromatic rings. The van der Waals surface area contributed by atoms with Crippen LogP contribution in [0.25, 0.3) is 0 Å². The molecular weight excluding hydrogens is 313 g/mol. The number of halogens is 3. The number of nitro benzene ring substituents is 1. The van der Waals surface area contributed by atoms with Crippen LogP contribution in [0.5, 0.6) is 0 Å². The third-order valence-electron chi connectivity index (χ3n) is 2.59. The number of aryl methyl sites for hydroxylation is 1. The van der Waals surface area contributed by atoms with Crippen molar-refractivity contribution in [3.05, 3.63) is 33.9 Å². The Morgan fingerprint density at radius 1 is 1.33 bits per heavy atom. The van der Waals surface area contributed by atoms with Crippen LogP contribution in [0.2, 0.25) is 0 Å². The molecule has 0 saturated carbocycles. The summed E-state index contributed by atoms with van der Waals surface area (Å²) < 4.78 is 61.7. The zero-order valence-electron chi connectivity index (χ0n) is 11.0. The third-order valence-corrected chi connectivity index (χ3v) is 4.21. The average Bonchev–Trinajstić information content (AvgIpc) is 2.33. The summed E-state index contributed by atoms with van der Waals surface area (Å²) in [4.78, 5) is 9.69. The maximum Gasteiger partial charge on any atom is 0.389 e. The van der Waals surface area contributed by atoms with Crippen molar-refractivity contribution in [3.63, 3.8) is 0 Å². The van der Waals surface area contributed by atoms with Crippen LogP contribution in [-0.4, -0.2) is 26.1 Å². The van der Waals surface area contributed by atoms with Crippen LogP contribution < -0.4 is 4.72 Å². The van der Waals surface area contributed by atoms with E-state index in [1.165, 1.54) is 6.92 Å². The van der Waals surface area contributed by atoms with E-state index in [1.807, 2.05) is 4.72 Å². The molecule has 0 aliphatic carbocycles. The largest absolute Gasteiger partial charge is 0.389 e. The Bertz CT molecular complexity index is 629. The van der Waals surface area contributed by atoms with Gasteiger partial charge < -0.3 is 0 Å². The zero-order chi connectivity index (χ0) is 16.3. The number of nitro groups is 1. The first-order chi connectivity index (χ1) is 9.53. The molecule has 0 bridgehead atoms. The van der Waals surface area contributed by atoms with Gasteiger partial charge in [0, 0.05) is 25.1 Å². The highest BCUT2D eigenvalue weighted by Gasteiger charge is 2.26. The highest BCUT2D eigenvalue weighted by molar-refractivity contribution is 7.89. The number of rotatable bonds is 6. The summed E-state index contributed by atoms with van der Waals surface area (Å²) in [6, 6.07) is 3.17. The van der Waals surface area contributed by atoms with Crippen LogP contribution in [0.3, 0.4) is 0 Å². The molecule has 0 unspecified atom stereocenters. The first-order valence-corrected chi connectivity index (χ1v) is 7.33. The molecule has 0 amide bonds. The van der Waals surface area contributed by atoms with E-state index >= 15 is 0 Å². The number of nitrogens with zero attached hydrogens (tertiary/aromatic N) is 1. The van der Waals surface area contributed by atoms with Gasteiger partial charge >= 0.3 is 6.18 Å². The quantitative estimate of drug-likeness (QED) is 0.494. The standard InChI is InChI=1S/C11H13F3N2O4S/c1-8-7-9(16(17)18)3-4-10(8)21(19,20)15-6-2-5-11(12,13)14/h3-4,7,15H,2,5-6H2,1H3. The van der Waals surface area contributed by atoms with Crippen molar-refractivity contribution in [2.45, 2.75) is 30.8 Å². The lowest BCUT2D eigenvalue weighted by Gasteiger charge is -2.10. The van der Waals surface area contributed by atoms with Crippen LogP contribution in [0.4, 0.5) is 18.9 Å². The van der Waals surface area contributed by atoms with Gasteiger partial charge in [0.2, 0.25) is 10.0 Å². The van der Waals surface area contributed by atoms with E-state index in [9.17, 15) is 31.7 Å². The van der Waals surface area contributed by atoms with Gasteiger partial charge in [-0.25, -0.2) is 13.1 Å². The molecule has 1 N–H and O–H groups in total. The Balaban J connectivity index is 2.77. The van der Waals surface area contributed by atoms with E-state index in [1.54, 1.807) is 0 Å². The molecule has 0 aliphatic rings. The van der Waals surface area contributed by atoms with Crippen molar-refractivity contribution in [1.82, 2.24) is 4.72 Å². The maximum atomic E-state index is 11.9. The minimum absolute atomic E-state index is 0.146. The summed E-state index contributed by atoms with van der Waals surface area (Å²) in [5.41, 5.74) is -0.115. The number of alkyl halides is 3. The van der Waals surface area contributed by atoms with Crippen LogP contribution >= 0.6 is 0 Å². The van der Waals surface area contributed by atoms with Crippen molar-refractivity contribution < 1.29 is 26.5 Å². The average molecular weight is 326 g/mol. The molecule has 1 aromatic carbocycles. The number of benzene rings is 1. The lowest BCUT2D eigenvalue weighted by atomic mass is 10.2. The molecular formula is C11H13F3N2O4S. The van der Waals surface area contributed by atoms with Crippen molar-refractivity contribution in [3.8, 4) is 0 Å². The van der Waals surface area contributed by atoms with Crippen molar-refractivity contribution in [2.75, 3.05) is 6.54 Å². The van der Waals surface area contributed by atoms with E-state index in [0.717, 1.165) is 18.2 Å². The number of sulfonamides is 1. The molecule has 0 heterocycles. The maximum absolute atomic E-state index is 11.9. The minimum Gasteiger partial charge on any atom is -0.258 e. The highest BCUT2D eigenvalue weighted by atomic mass is 32.2. The van der Waals surface area contributed by atoms with Gasteiger partial charge in [0.25, 0.3) is 5.69 Å². The summed E-state index contributed by atoms with van der Waals surface area (Å²) in [6.07, 6.45) is -5.81. The molecule has 0 radical (unpaired) electrons.